The van der Waals surface area contributed by atoms with E-state index in [1.807, 2.05) is 26.0 Å². The third-order valence-corrected chi connectivity index (χ3v) is 4.66. The summed E-state index contributed by atoms with van der Waals surface area (Å²) in [7, 11) is -3.59. The number of nitrogens with two attached hydrogens (primary N) is 1. The lowest BCUT2D eigenvalue weighted by Crippen LogP contribution is -2.14. The molecule has 0 atom stereocenters. The van der Waals surface area contributed by atoms with Crippen molar-refractivity contribution in [1.82, 2.24) is 0 Å². The molecule has 2 aromatic carbocycles. The molecule has 0 bridgehead atoms. The number of benzene rings is 2. The van der Waals surface area contributed by atoms with E-state index in [1.165, 1.54) is 0 Å². The van der Waals surface area contributed by atoms with Gasteiger partial charge in [0.25, 0.3) is 10.0 Å². The lowest BCUT2D eigenvalue weighted by atomic mass is 10.1. The van der Waals surface area contributed by atoms with Crippen molar-refractivity contribution in [3.63, 3.8) is 0 Å². The number of hydrogen-bond acceptors (Lipinski definition) is 3. The minimum atomic E-state index is -3.59. The minimum absolute atomic E-state index is 0.223. The average Bonchev–Trinajstić information content (AvgIpc) is 2.44. The molecule has 20 heavy (non-hydrogen) atoms. The first-order valence-corrected chi connectivity index (χ1v) is 7.80. The van der Waals surface area contributed by atoms with Gasteiger partial charge >= 0.3 is 0 Å². The van der Waals surface area contributed by atoms with Gasteiger partial charge in [0.15, 0.2) is 0 Å². The van der Waals surface area contributed by atoms with Crippen LogP contribution >= 0.6 is 0 Å². The third kappa shape index (κ3) is 3.00. The number of sulfonamides is 1. The van der Waals surface area contributed by atoms with Gasteiger partial charge in [-0.1, -0.05) is 24.3 Å². The molecule has 0 aliphatic rings. The Morgan fingerprint density at radius 3 is 2.50 bits per heavy atom. The van der Waals surface area contributed by atoms with Crippen LogP contribution in [0.2, 0.25) is 0 Å². The monoisotopic (exact) mass is 290 g/mol. The highest BCUT2D eigenvalue weighted by Gasteiger charge is 2.15. The Hall–Kier alpha value is -1.85. The van der Waals surface area contributed by atoms with E-state index >= 15 is 0 Å². The van der Waals surface area contributed by atoms with Gasteiger partial charge in [-0.25, -0.2) is 8.42 Å². The van der Waals surface area contributed by atoms with Crippen molar-refractivity contribution >= 4 is 15.7 Å². The molecule has 4 nitrogen and oxygen atoms in total. The summed E-state index contributed by atoms with van der Waals surface area (Å²) in [5, 5.41) is 0. The molecule has 0 spiro atoms. The lowest BCUT2D eigenvalue weighted by molar-refractivity contribution is 0.601. The molecule has 5 heteroatoms. The zero-order valence-electron chi connectivity index (χ0n) is 11.6. The van der Waals surface area contributed by atoms with E-state index in [1.54, 1.807) is 30.3 Å². The van der Waals surface area contributed by atoms with Crippen LogP contribution < -0.4 is 10.5 Å². The largest absolute Gasteiger partial charge is 0.326 e. The SMILES string of the molecule is Cc1cccc(NS(=O)(=O)c2cccc(CN)c2)c1C. The molecule has 2 aromatic rings. The number of rotatable bonds is 4. The number of aryl methyl sites for hydroxylation is 1. The summed E-state index contributed by atoms with van der Waals surface area (Å²) in [4.78, 5) is 0.223. The van der Waals surface area contributed by atoms with Gasteiger partial charge in [-0.15, -0.1) is 0 Å². The second-order valence-electron chi connectivity index (χ2n) is 4.70. The smallest absolute Gasteiger partial charge is 0.261 e. The lowest BCUT2D eigenvalue weighted by Gasteiger charge is -2.12. The van der Waals surface area contributed by atoms with E-state index in [2.05, 4.69) is 4.72 Å². The summed E-state index contributed by atoms with van der Waals surface area (Å²) in [5.74, 6) is 0. The first-order chi connectivity index (χ1) is 9.44. The van der Waals surface area contributed by atoms with Crippen LogP contribution in [0.25, 0.3) is 0 Å². The fourth-order valence-electron chi connectivity index (χ4n) is 1.90. The quantitative estimate of drug-likeness (QED) is 0.909. The van der Waals surface area contributed by atoms with Crippen molar-refractivity contribution in [2.24, 2.45) is 5.73 Å². The Kier molecular flexibility index (Phi) is 4.11. The molecule has 0 fully saturated rings. The third-order valence-electron chi connectivity index (χ3n) is 3.29. The standard InChI is InChI=1S/C15H18N2O2S/c1-11-5-3-8-15(12(11)2)17-20(18,19)14-7-4-6-13(9-14)10-16/h3-9,17H,10,16H2,1-2H3. The molecule has 0 heterocycles. The van der Waals surface area contributed by atoms with Crippen molar-refractivity contribution in [3.8, 4) is 0 Å². The molecule has 0 radical (unpaired) electrons. The number of nitrogens with one attached hydrogen (secondary N) is 1. The molecule has 0 saturated carbocycles. The van der Waals surface area contributed by atoms with Gasteiger partial charge in [0.1, 0.15) is 0 Å². The zero-order chi connectivity index (χ0) is 14.8. The fourth-order valence-corrected chi connectivity index (χ4v) is 3.10. The highest BCUT2D eigenvalue weighted by Crippen LogP contribution is 2.22. The highest BCUT2D eigenvalue weighted by molar-refractivity contribution is 7.92. The maximum absolute atomic E-state index is 12.4. The van der Waals surface area contributed by atoms with Gasteiger partial charge in [0.05, 0.1) is 10.6 Å². The highest BCUT2D eigenvalue weighted by atomic mass is 32.2. The van der Waals surface area contributed by atoms with E-state index in [4.69, 9.17) is 5.73 Å². The average molecular weight is 290 g/mol. The summed E-state index contributed by atoms with van der Waals surface area (Å²) >= 11 is 0. The van der Waals surface area contributed by atoms with Gasteiger partial charge in [0.2, 0.25) is 0 Å². The predicted octanol–water partition coefficient (Wildman–Crippen LogP) is 2.56. The molecule has 0 aliphatic heterocycles. The van der Waals surface area contributed by atoms with Crippen molar-refractivity contribution in [1.29, 1.82) is 0 Å². The molecule has 106 valence electrons. The van der Waals surface area contributed by atoms with Crippen LogP contribution in [0.1, 0.15) is 16.7 Å². The maximum atomic E-state index is 12.4. The molecule has 0 aromatic heterocycles. The van der Waals surface area contributed by atoms with Gasteiger partial charge < -0.3 is 5.73 Å². The van der Waals surface area contributed by atoms with Crippen LogP contribution in [0, 0.1) is 13.8 Å². The van der Waals surface area contributed by atoms with Crippen LogP contribution in [0.5, 0.6) is 0 Å². The Morgan fingerprint density at radius 2 is 1.80 bits per heavy atom. The van der Waals surface area contributed by atoms with Gasteiger partial charge in [0, 0.05) is 6.54 Å². The Bertz CT molecular complexity index is 724. The van der Waals surface area contributed by atoms with Crippen LogP contribution in [-0.2, 0) is 16.6 Å². The van der Waals surface area contributed by atoms with Crippen molar-refractivity contribution in [3.05, 3.63) is 59.2 Å². The van der Waals surface area contributed by atoms with E-state index in [9.17, 15) is 8.42 Å². The van der Waals surface area contributed by atoms with Gasteiger partial charge in [-0.3, -0.25) is 4.72 Å². The Balaban J connectivity index is 2.38. The molecule has 0 amide bonds. The van der Waals surface area contributed by atoms with E-state index in [-0.39, 0.29) is 4.90 Å². The Morgan fingerprint density at radius 1 is 1.10 bits per heavy atom. The topological polar surface area (TPSA) is 72.2 Å². The first-order valence-electron chi connectivity index (χ1n) is 6.32. The predicted molar refractivity (Wildman–Crippen MR) is 81.1 cm³/mol. The normalized spacial score (nSPS) is 11.3. The molecular weight excluding hydrogens is 272 g/mol. The van der Waals surface area contributed by atoms with Crippen molar-refractivity contribution < 1.29 is 8.42 Å². The minimum Gasteiger partial charge on any atom is -0.326 e. The molecule has 0 aliphatic carbocycles. The maximum Gasteiger partial charge on any atom is 0.261 e. The van der Waals surface area contributed by atoms with Crippen molar-refractivity contribution in [2.45, 2.75) is 25.3 Å². The zero-order valence-corrected chi connectivity index (χ0v) is 12.4. The second kappa shape index (κ2) is 5.64. The summed E-state index contributed by atoms with van der Waals surface area (Å²) in [5.41, 5.74) is 8.89. The summed E-state index contributed by atoms with van der Waals surface area (Å²) in [6.07, 6.45) is 0. The van der Waals surface area contributed by atoms with E-state index in [0.29, 0.717) is 12.2 Å². The van der Waals surface area contributed by atoms with Crippen LogP contribution in [-0.4, -0.2) is 8.42 Å². The molecule has 0 saturated heterocycles. The fraction of sp³-hybridized carbons (Fsp3) is 0.200. The molecule has 2 rings (SSSR count). The van der Waals surface area contributed by atoms with Gasteiger partial charge in [-0.05, 0) is 48.7 Å². The molecule has 0 unspecified atom stereocenters. The van der Waals surface area contributed by atoms with E-state index < -0.39 is 10.0 Å². The van der Waals surface area contributed by atoms with Crippen LogP contribution in [0.3, 0.4) is 0 Å². The van der Waals surface area contributed by atoms with Crippen LogP contribution in [0.15, 0.2) is 47.4 Å². The molecule has 3 N–H and O–H groups in total. The number of hydrogen-bond donors (Lipinski definition) is 2. The number of anilines is 1. The van der Waals surface area contributed by atoms with Gasteiger partial charge in [-0.2, -0.15) is 0 Å². The summed E-state index contributed by atoms with van der Waals surface area (Å²) < 4.78 is 27.4. The first kappa shape index (κ1) is 14.6. The molecular formula is C15H18N2O2S. The van der Waals surface area contributed by atoms with E-state index in [0.717, 1.165) is 16.7 Å². The summed E-state index contributed by atoms with van der Waals surface area (Å²) in [6, 6.07) is 12.2. The second-order valence-corrected chi connectivity index (χ2v) is 6.39. The van der Waals surface area contributed by atoms with Crippen LogP contribution in [0.4, 0.5) is 5.69 Å². The Labute approximate surface area is 119 Å². The van der Waals surface area contributed by atoms with Crippen molar-refractivity contribution in [2.75, 3.05) is 4.72 Å². The summed E-state index contributed by atoms with van der Waals surface area (Å²) in [6.45, 7) is 4.15.